The van der Waals surface area contributed by atoms with Crippen molar-refractivity contribution in [1.82, 2.24) is 4.98 Å². The Hall–Kier alpha value is -1.11. The SMILES string of the molecule is COc1ncc(Cl)c(C(F)(F)F)c1C(F)F. The van der Waals surface area contributed by atoms with E-state index in [9.17, 15) is 22.0 Å². The summed E-state index contributed by atoms with van der Waals surface area (Å²) in [6.45, 7) is 0. The average Bonchev–Trinajstić information content (AvgIpc) is 2.15. The van der Waals surface area contributed by atoms with Crippen molar-refractivity contribution in [2.24, 2.45) is 0 Å². The minimum absolute atomic E-state index is 0.620. The van der Waals surface area contributed by atoms with Gasteiger partial charge in [-0.1, -0.05) is 11.6 Å². The molecule has 0 atom stereocenters. The molecule has 0 fully saturated rings. The topological polar surface area (TPSA) is 22.1 Å². The first-order valence-electron chi connectivity index (χ1n) is 3.86. The van der Waals surface area contributed by atoms with E-state index in [0.29, 0.717) is 6.20 Å². The van der Waals surface area contributed by atoms with E-state index in [4.69, 9.17) is 11.6 Å². The van der Waals surface area contributed by atoms with Gasteiger partial charge < -0.3 is 4.74 Å². The van der Waals surface area contributed by atoms with Crippen molar-refractivity contribution < 1.29 is 26.7 Å². The molecule has 0 radical (unpaired) electrons. The molecule has 16 heavy (non-hydrogen) atoms. The van der Waals surface area contributed by atoms with Crippen molar-refractivity contribution >= 4 is 11.6 Å². The van der Waals surface area contributed by atoms with Crippen molar-refractivity contribution in [3.63, 3.8) is 0 Å². The van der Waals surface area contributed by atoms with E-state index in [1.807, 2.05) is 0 Å². The Balaban J connectivity index is 3.55. The lowest BCUT2D eigenvalue weighted by atomic mass is 10.1. The number of hydrogen-bond acceptors (Lipinski definition) is 2. The third-order valence-corrected chi connectivity index (χ3v) is 2.02. The number of hydrogen-bond donors (Lipinski definition) is 0. The standard InChI is InChI=1S/C8H5ClF5NO/c1-16-7-4(6(10)11)5(8(12,13)14)3(9)2-15-7/h2,6H,1H3. The highest BCUT2D eigenvalue weighted by atomic mass is 35.5. The van der Waals surface area contributed by atoms with E-state index in [0.717, 1.165) is 7.11 Å². The molecule has 1 aromatic heterocycles. The molecule has 1 rings (SSSR count). The molecule has 0 spiro atoms. The molecule has 0 bridgehead atoms. The molecule has 1 aromatic rings. The number of halogens is 6. The third kappa shape index (κ3) is 2.34. The predicted octanol–water partition coefficient (Wildman–Crippen LogP) is 3.70. The van der Waals surface area contributed by atoms with Crippen LogP contribution in [0.25, 0.3) is 0 Å². The maximum absolute atomic E-state index is 12.5. The molecule has 0 unspecified atom stereocenters. The fraction of sp³-hybridized carbons (Fsp3) is 0.375. The molecule has 0 aliphatic rings. The Morgan fingerprint density at radius 2 is 1.94 bits per heavy atom. The van der Waals surface area contributed by atoms with Gasteiger partial charge in [-0.25, -0.2) is 13.8 Å². The van der Waals surface area contributed by atoms with Crippen LogP contribution in [0.15, 0.2) is 6.20 Å². The van der Waals surface area contributed by atoms with Gasteiger partial charge in [-0.2, -0.15) is 13.2 Å². The first-order valence-corrected chi connectivity index (χ1v) is 4.24. The molecular formula is C8H5ClF5NO. The van der Waals surface area contributed by atoms with Crippen LogP contribution >= 0.6 is 11.6 Å². The van der Waals surface area contributed by atoms with Crippen molar-refractivity contribution in [3.8, 4) is 5.88 Å². The van der Waals surface area contributed by atoms with Crippen LogP contribution < -0.4 is 4.74 Å². The molecule has 0 aromatic carbocycles. The van der Waals surface area contributed by atoms with E-state index in [2.05, 4.69) is 9.72 Å². The van der Waals surface area contributed by atoms with Crippen LogP contribution in [0.5, 0.6) is 5.88 Å². The second-order valence-corrected chi connectivity index (χ2v) is 3.11. The molecular weight excluding hydrogens is 257 g/mol. The van der Waals surface area contributed by atoms with E-state index >= 15 is 0 Å². The summed E-state index contributed by atoms with van der Waals surface area (Å²) in [4.78, 5) is 3.26. The maximum atomic E-state index is 12.5. The lowest BCUT2D eigenvalue weighted by Gasteiger charge is -2.15. The highest BCUT2D eigenvalue weighted by Crippen LogP contribution is 2.43. The number of nitrogens with zero attached hydrogens (tertiary/aromatic N) is 1. The van der Waals surface area contributed by atoms with E-state index in [1.54, 1.807) is 0 Å². The van der Waals surface area contributed by atoms with E-state index < -0.39 is 34.6 Å². The predicted molar refractivity (Wildman–Crippen MR) is 45.8 cm³/mol. The van der Waals surface area contributed by atoms with Gasteiger partial charge in [0.15, 0.2) is 0 Å². The number of pyridine rings is 1. The second kappa shape index (κ2) is 4.40. The summed E-state index contributed by atoms with van der Waals surface area (Å²) in [7, 11) is 0.947. The number of methoxy groups -OCH3 is 1. The number of alkyl halides is 5. The largest absolute Gasteiger partial charge is 0.481 e. The van der Waals surface area contributed by atoms with Crippen molar-refractivity contribution in [1.29, 1.82) is 0 Å². The zero-order chi connectivity index (χ0) is 12.5. The van der Waals surface area contributed by atoms with Gasteiger partial charge in [-0.15, -0.1) is 0 Å². The van der Waals surface area contributed by atoms with Crippen molar-refractivity contribution in [2.45, 2.75) is 12.6 Å². The summed E-state index contributed by atoms with van der Waals surface area (Å²) in [5.41, 5.74) is -2.96. The molecule has 0 amide bonds. The second-order valence-electron chi connectivity index (χ2n) is 2.70. The molecule has 2 nitrogen and oxygen atoms in total. The van der Waals surface area contributed by atoms with Gasteiger partial charge in [0.25, 0.3) is 6.43 Å². The fourth-order valence-corrected chi connectivity index (χ4v) is 1.40. The van der Waals surface area contributed by atoms with Crippen LogP contribution in [-0.2, 0) is 6.18 Å². The summed E-state index contributed by atoms with van der Waals surface area (Å²) < 4.78 is 66.8. The molecule has 0 saturated heterocycles. The van der Waals surface area contributed by atoms with Crippen molar-refractivity contribution in [2.75, 3.05) is 7.11 Å². The van der Waals surface area contributed by atoms with Crippen molar-refractivity contribution in [3.05, 3.63) is 22.3 Å². The van der Waals surface area contributed by atoms with Crippen LogP contribution in [0.2, 0.25) is 5.02 Å². The van der Waals surface area contributed by atoms with Gasteiger partial charge >= 0.3 is 6.18 Å². The molecule has 0 N–H and O–H groups in total. The molecule has 0 aliphatic carbocycles. The molecule has 0 saturated carbocycles. The van der Waals surface area contributed by atoms with E-state index in [-0.39, 0.29) is 0 Å². The Morgan fingerprint density at radius 3 is 2.31 bits per heavy atom. The maximum Gasteiger partial charge on any atom is 0.418 e. The number of rotatable bonds is 2. The van der Waals surface area contributed by atoms with E-state index in [1.165, 1.54) is 0 Å². The molecule has 8 heteroatoms. The molecule has 0 aliphatic heterocycles. The number of aromatic nitrogens is 1. The van der Waals surface area contributed by atoms with Gasteiger partial charge in [-0.05, 0) is 0 Å². The minimum Gasteiger partial charge on any atom is -0.481 e. The van der Waals surface area contributed by atoms with Crippen LogP contribution in [0.4, 0.5) is 22.0 Å². The Bertz CT molecular complexity index is 393. The lowest BCUT2D eigenvalue weighted by Crippen LogP contribution is -2.12. The van der Waals surface area contributed by atoms with Crippen LogP contribution in [0, 0.1) is 0 Å². The lowest BCUT2D eigenvalue weighted by molar-refractivity contribution is -0.139. The molecule has 1 heterocycles. The quantitative estimate of drug-likeness (QED) is 0.757. The van der Waals surface area contributed by atoms with Gasteiger partial charge in [0.2, 0.25) is 5.88 Å². The monoisotopic (exact) mass is 261 g/mol. The summed E-state index contributed by atoms with van der Waals surface area (Å²) in [6.07, 6.45) is -7.74. The summed E-state index contributed by atoms with van der Waals surface area (Å²) >= 11 is 5.22. The van der Waals surface area contributed by atoms with Crippen LogP contribution in [0.1, 0.15) is 17.6 Å². The highest BCUT2D eigenvalue weighted by Gasteiger charge is 2.40. The summed E-state index contributed by atoms with van der Waals surface area (Å²) in [5, 5.41) is -0.886. The normalized spacial score (nSPS) is 12.0. The van der Waals surface area contributed by atoms with Gasteiger partial charge in [-0.3, -0.25) is 0 Å². The zero-order valence-corrected chi connectivity index (χ0v) is 8.53. The average molecular weight is 262 g/mol. The molecule has 90 valence electrons. The van der Waals surface area contributed by atoms with Gasteiger partial charge in [0.05, 0.1) is 29.5 Å². The third-order valence-electron chi connectivity index (χ3n) is 1.73. The first kappa shape index (κ1) is 13.0. The minimum atomic E-state index is -4.99. The van der Waals surface area contributed by atoms with Crippen LogP contribution in [0.3, 0.4) is 0 Å². The fourth-order valence-electron chi connectivity index (χ4n) is 1.14. The summed E-state index contributed by atoms with van der Waals surface area (Å²) in [6, 6.07) is 0. The summed E-state index contributed by atoms with van der Waals surface area (Å²) in [5.74, 6) is -0.785. The first-order chi connectivity index (χ1) is 7.29. The Morgan fingerprint density at radius 1 is 1.38 bits per heavy atom. The number of ether oxygens (including phenoxy) is 1. The highest BCUT2D eigenvalue weighted by molar-refractivity contribution is 6.31. The van der Waals surface area contributed by atoms with Crippen LogP contribution in [-0.4, -0.2) is 12.1 Å². The smallest absolute Gasteiger partial charge is 0.418 e. The van der Waals surface area contributed by atoms with Gasteiger partial charge in [0, 0.05) is 0 Å². The Labute approximate surface area is 92.0 Å². The zero-order valence-electron chi connectivity index (χ0n) is 7.78. The Kier molecular flexibility index (Phi) is 3.57. The van der Waals surface area contributed by atoms with Gasteiger partial charge in [0.1, 0.15) is 0 Å².